The zero-order chi connectivity index (χ0) is 29.9. The molecule has 0 amide bonds. The minimum Gasteiger partial charge on any atom is -0.871 e. The normalized spacial score (nSPS) is 18.5. The molecule has 0 saturated carbocycles. The van der Waals surface area contributed by atoms with Gasteiger partial charge >= 0.3 is 0 Å². The number of rotatable bonds is 2. The van der Waals surface area contributed by atoms with Crippen molar-refractivity contribution in [3.8, 4) is 0 Å². The second-order valence-corrected chi connectivity index (χ2v) is 14.8. The van der Waals surface area contributed by atoms with Crippen LogP contribution in [0, 0.1) is 10.8 Å². The first kappa shape index (κ1) is 30.3. The minimum atomic E-state index is -0.768. The molecule has 0 N–H and O–H groups in total. The summed E-state index contributed by atoms with van der Waals surface area (Å²) >= 11 is 0. The largest absolute Gasteiger partial charge is 0.871 e. The van der Waals surface area contributed by atoms with Crippen molar-refractivity contribution in [3.63, 3.8) is 0 Å². The van der Waals surface area contributed by atoms with Crippen LogP contribution in [0.4, 0.5) is 0 Å². The Kier molecular flexibility index (Phi) is 7.59. The number of aromatic nitrogens is 1. The van der Waals surface area contributed by atoms with Gasteiger partial charge in [-0.2, -0.15) is 0 Å². The van der Waals surface area contributed by atoms with Gasteiger partial charge in [-0.3, -0.25) is 9.59 Å². The molecule has 0 atom stereocenters. The summed E-state index contributed by atoms with van der Waals surface area (Å²) in [6.07, 6.45) is 6.81. The molecule has 39 heavy (non-hydrogen) atoms. The number of carbonyl (C=O) groups excluding carboxylic acids is 2. The molecule has 1 aliphatic heterocycles. The molecule has 0 unspecified atom stereocenters. The van der Waals surface area contributed by atoms with Crippen LogP contribution in [0.5, 0.6) is 0 Å². The maximum Gasteiger partial charge on any atom is 0.232 e. The summed E-state index contributed by atoms with van der Waals surface area (Å²) in [7, 11) is 2.04. The summed E-state index contributed by atoms with van der Waals surface area (Å²) in [5, 5.41) is 13.5. The van der Waals surface area contributed by atoms with Crippen LogP contribution in [0.15, 0.2) is 64.4 Å². The third-order valence-electron chi connectivity index (χ3n) is 6.97. The number of hydrogen-bond donors (Lipinski definition) is 0. The van der Waals surface area contributed by atoms with Crippen molar-refractivity contribution in [2.75, 3.05) is 0 Å². The van der Waals surface area contributed by atoms with Crippen molar-refractivity contribution >= 4 is 17.6 Å². The van der Waals surface area contributed by atoms with E-state index in [9.17, 15) is 14.7 Å². The molecule has 2 aliphatic rings. The predicted octanol–water partition coefficient (Wildman–Crippen LogP) is 6.07. The van der Waals surface area contributed by atoms with Gasteiger partial charge in [0.1, 0.15) is 18.6 Å². The number of nitrogens with zero attached hydrogens (tertiary/aromatic N) is 1. The van der Waals surface area contributed by atoms with Gasteiger partial charge in [-0.05, 0) is 35.4 Å². The molecular formula is C34H45NO4. The Morgan fingerprint density at radius 1 is 0.692 bits per heavy atom. The second kappa shape index (κ2) is 9.76. The first-order valence-electron chi connectivity index (χ1n) is 13.6. The van der Waals surface area contributed by atoms with E-state index in [1.807, 2.05) is 72.9 Å². The van der Waals surface area contributed by atoms with Gasteiger partial charge < -0.3 is 9.84 Å². The lowest BCUT2D eigenvalue weighted by Crippen LogP contribution is -2.47. The molecular weight excluding hydrogens is 486 g/mol. The van der Waals surface area contributed by atoms with E-state index in [2.05, 4.69) is 46.1 Å². The molecule has 0 radical (unpaired) electrons. The van der Waals surface area contributed by atoms with Gasteiger partial charge in [0.15, 0.2) is 11.4 Å². The van der Waals surface area contributed by atoms with Crippen LogP contribution in [0.25, 0.3) is 6.08 Å². The van der Waals surface area contributed by atoms with E-state index in [-0.39, 0.29) is 32.8 Å². The minimum absolute atomic E-state index is 0.0903. The Bertz CT molecular complexity index is 1320. The van der Waals surface area contributed by atoms with Crippen LogP contribution in [0.1, 0.15) is 100 Å². The quantitative estimate of drug-likeness (QED) is 0.264. The third-order valence-corrected chi connectivity index (χ3v) is 6.97. The molecule has 3 rings (SSSR count). The Hall–Kier alpha value is -3.21. The molecule has 1 aliphatic carbocycles. The van der Waals surface area contributed by atoms with Crippen LogP contribution in [-0.2, 0) is 32.2 Å². The summed E-state index contributed by atoms with van der Waals surface area (Å²) in [4.78, 5) is 26.2. The van der Waals surface area contributed by atoms with Crippen LogP contribution < -0.4 is 9.67 Å². The third kappa shape index (κ3) is 6.34. The van der Waals surface area contributed by atoms with Gasteiger partial charge in [-0.15, -0.1) is 0 Å². The first-order chi connectivity index (χ1) is 17.5. The molecule has 1 aromatic heterocycles. The number of ether oxygens (including phenoxy) is 1. The maximum atomic E-state index is 13.5. The summed E-state index contributed by atoms with van der Waals surface area (Å²) in [6.45, 7) is 25.1. The van der Waals surface area contributed by atoms with Crippen molar-refractivity contribution in [2.24, 2.45) is 17.9 Å². The van der Waals surface area contributed by atoms with Crippen LogP contribution in [0.2, 0.25) is 0 Å². The Morgan fingerprint density at radius 3 is 1.51 bits per heavy atom. The topological polar surface area (TPSA) is 70.3 Å². The highest BCUT2D eigenvalue weighted by molar-refractivity contribution is 6.54. The Morgan fingerprint density at radius 2 is 1.13 bits per heavy atom. The summed E-state index contributed by atoms with van der Waals surface area (Å²) in [6, 6.07) is 4.00. The van der Waals surface area contributed by atoms with E-state index < -0.39 is 17.3 Å². The monoisotopic (exact) mass is 531 g/mol. The van der Waals surface area contributed by atoms with E-state index in [1.165, 1.54) is 6.08 Å². The summed E-state index contributed by atoms with van der Waals surface area (Å²) < 4.78 is 8.37. The highest BCUT2D eigenvalue weighted by Crippen LogP contribution is 2.40. The first-order valence-corrected chi connectivity index (χ1v) is 13.6. The number of pyridine rings is 1. The number of hydrogen-bond acceptors (Lipinski definition) is 4. The summed E-state index contributed by atoms with van der Waals surface area (Å²) in [5.74, 6) is -0.591. The van der Waals surface area contributed by atoms with Gasteiger partial charge in [0.05, 0.1) is 0 Å². The SMILES string of the molecule is C[n+]1c(C(C)(C)C)cc(C=C2C(=O)C(=O)C(C=C3C=C(C(C)(C)C)OC(C(C)(C)C)=C3)=C2[O-])cc1C(C)(C)C. The highest BCUT2D eigenvalue weighted by atomic mass is 16.5. The lowest BCUT2D eigenvalue weighted by atomic mass is 9.85. The van der Waals surface area contributed by atoms with E-state index in [4.69, 9.17) is 4.74 Å². The van der Waals surface area contributed by atoms with Crippen molar-refractivity contribution < 1.29 is 24.0 Å². The van der Waals surface area contributed by atoms with Crippen LogP contribution >= 0.6 is 0 Å². The van der Waals surface area contributed by atoms with Gasteiger partial charge in [0.2, 0.25) is 11.6 Å². The molecule has 0 fully saturated rings. The van der Waals surface area contributed by atoms with E-state index in [0.29, 0.717) is 5.57 Å². The van der Waals surface area contributed by atoms with Crippen molar-refractivity contribution in [1.29, 1.82) is 0 Å². The standard InChI is InChI=1S/C34H45NO4/c1-31(2,3)24-16-20(17-25(35(24)13)32(4,5)6)14-22-28(36)23(30(38)29(22)37)15-21-18-26(33(7,8)9)39-27(19-21)34(10,11)12/h14-19H,1-13H3. The molecule has 2 heterocycles. The predicted molar refractivity (Wildman–Crippen MR) is 154 cm³/mol. The van der Waals surface area contributed by atoms with Crippen LogP contribution in [0.3, 0.4) is 0 Å². The second-order valence-electron chi connectivity index (χ2n) is 14.8. The van der Waals surface area contributed by atoms with Crippen molar-refractivity contribution in [2.45, 2.75) is 93.9 Å². The number of ketones is 2. The van der Waals surface area contributed by atoms with Crippen LogP contribution in [-0.4, -0.2) is 11.6 Å². The fourth-order valence-corrected chi connectivity index (χ4v) is 4.74. The zero-order valence-corrected chi connectivity index (χ0v) is 26.0. The molecule has 0 aromatic carbocycles. The molecule has 0 saturated heterocycles. The smallest absolute Gasteiger partial charge is 0.232 e. The average Bonchev–Trinajstić information content (AvgIpc) is 2.95. The molecule has 5 nitrogen and oxygen atoms in total. The van der Waals surface area contributed by atoms with E-state index in [1.54, 1.807) is 6.08 Å². The lowest BCUT2D eigenvalue weighted by molar-refractivity contribution is -0.693. The lowest BCUT2D eigenvalue weighted by Gasteiger charge is -2.32. The molecule has 0 bridgehead atoms. The number of allylic oxidation sites excluding steroid dienone is 8. The number of Topliss-reactive ketones (excluding diaryl/α,β-unsaturated/α-hetero) is 2. The Labute approximate surface area is 234 Å². The average molecular weight is 532 g/mol. The molecule has 0 spiro atoms. The van der Waals surface area contributed by atoms with Crippen molar-refractivity contribution in [3.05, 3.63) is 81.3 Å². The van der Waals surface area contributed by atoms with E-state index >= 15 is 0 Å². The van der Waals surface area contributed by atoms with Gasteiger partial charge in [0.25, 0.3) is 0 Å². The van der Waals surface area contributed by atoms with Gasteiger partial charge in [0, 0.05) is 44.9 Å². The zero-order valence-electron chi connectivity index (χ0n) is 26.0. The molecule has 1 aromatic rings. The molecule has 210 valence electrons. The fourth-order valence-electron chi connectivity index (χ4n) is 4.74. The van der Waals surface area contributed by atoms with Gasteiger partial charge in [-0.25, -0.2) is 4.57 Å². The summed E-state index contributed by atoms with van der Waals surface area (Å²) in [5.41, 5.74) is 2.45. The Balaban J connectivity index is 2.21. The van der Waals surface area contributed by atoms with Gasteiger partial charge in [-0.1, -0.05) is 88.8 Å². The maximum absolute atomic E-state index is 13.5. The highest BCUT2D eigenvalue weighted by Gasteiger charge is 2.35. The molecule has 5 heteroatoms. The van der Waals surface area contributed by atoms with Crippen molar-refractivity contribution in [1.82, 2.24) is 0 Å². The number of carbonyl (C=O) groups is 2. The van der Waals surface area contributed by atoms with E-state index in [0.717, 1.165) is 28.5 Å². The fraction of sp³-hybridized carbons (Fsp3) is 0.500.